The molecule has 0 radical (unpaired) electrons. The highest BCUT2D eigenvalue weighted by molar-refractivity contribution is 5.99. The molecule has 9 nitrogen and oxygen atoms in total. The van der Waals surface area contributed by atoms with E-state index in [1.165, 1.54) is 26.2 Å². The van der Waals surface area contributed by atoms with Crippen LogP contribution >= 0.6 is 0 Å². The van der Waals surface area contributed by atoms with Crippen molar-refractivity contribution < 1.29 is 23.9 Å². The Morgan fingerprint density at radius 3 is 2.50 bits per heavy atom. The van der Waals surface area contributed by atoms with Crippen molar-refractivity contribution >= 4 is 34.5 Å². The van der Waals surface area contributed by atoms with Crippen molar-refractivity contribution in [3.63, 3.8) is 0 Å². The molecule has 1 saturated carbocycles. The number of nitrogens with one attached hydrogen (secondary N) is 2. The van der Waals surface area contributed by atoms with E-state index in [4.69, 9.17) is 9.40 Å². The molecule has 2 aromatic carbocycles. The number of carboxylic acid groups (broad SMARTS) is 1. The Bertz CT molecular complexity index is 1450. The summed E-state index contributed by atoms with van der Waals surface area (Å²) >= 11 is 0. The number of fused-ring (bicyclic) bond motifs is 1. The Balaban J connectivity index is 1.38. The Morgan fingerprint density at radius 1 is 1.08 bits per heavy atom. The SMILES string of the molecule is CC(=O)Nc1ccc(C[C@H](NC(=O)c2ccc3c(c2)nc(-c2ccoc2)n3C2CCCCC2)C(=O)O)cc1. The average Bonchev–Trinajstić information content (AvgIpc) is 3.57. The number of hydrogen-bond acceptors (Lipinski definition) is 5. The summed E-state index contributed by atoms with van der Waals surface area (Å²) in [5.74, 6) is -0.990. The van der Waals surface area contributed by atoms with Crippen molar-refractivity contribution in [2.45, 2.75) is 57.5 Å². The number of amides is 2. The fourth-order valence-electron chi connectivity index (χ4n) is 5.15. The molecule has 2 amide bonds. The fraction of sp³-hybridized carbons (Fsp3) is 0.310. The second kappa shape index (κ2) is 10.9. The van der Waals surface area contributed by atoms with E-state index in [1.807, 2.05) is 12.1 Å². The number of benzene rings is 2. The lowest BCUT2D eigenvalue weighted by Gasteiger charge is -2.25. The van der Waals surface area contributed by atoms with Gasteiger partial charge in [-0.05, 0) is 54.8 Å². The van der Waals surface area contributed by atoms with E-state index in [9.17, 15) is 19.5 Å². The molecule has 4 aromatic rings. The van der Waals surface area contributed by atoms with Gasteiger partial charge in [0.15, 0.2) is 0 Å². The van der Waals surface area contributed by atoms with Gasteiger partial charge in [0.25, 0.3) is 5.91 Å². The molecule has 0 unspecified atom stereocenters. The molecule has 9 heteroatoms. The zero-order chi connectivity index (χ0) is 26.6. The van der Waals surface area contributed by atoms with Crippen molar-refractivity contribution in [3.05, 3.63) is 72.2 Å². The average molecular weight is 515 g/mol. The summed E-state index contributed by atoms with van der Waals surface area (Å²) in [6, 6.07) is 13.3. The molecule has 3 N–H and O–H groups in total. The number of carboxylic acids is 1. The number of anilines is 1. The lowest BCUT2D eigenvalue weighted by Crippen LogP contribution is -2.42. The molecule has 196 valence electrons. The van der Waals surface area contributed by atoms with Crippen molar-refractivity contribution in [2.75, 3.05) is 5.32 Å². The van der Waals surface area contributed by atoms with E-state index in [1.54, 1.807) is 48.9 Å². The second-order valence-electron chi connectivity index (χ2n) is 9.76. The minimum absolute atomic E-state index is 0.102. The van der Waals surface area contributed by atoms with Gasteiger partial charge in [-0.15, -0.1) is 0 Å². The molecule has 0 saturated heterocycles. The Morgan fingerprint density at radius 2 is 1.84 bits per heavy atom. The number of hydrogen-bond donors (Lipinski definition) is 3. The Labute approximate surface area is 219 Å². The molecular formula is C29H30N4O5. The number of imidazole rings is 1. The van der Waals surface area contributed by atoms with Crippen LogP contribution in [0.3, 0.4) is 0 Å². The van der Waals surface area contributed by atoms with Gasteiger partial charge in [0.05, 0.1) is 22.9 Å². The Hall–Kier alpha value is -4.40. The fourth-order valence-corrected chi connectivity index (χ4v) is 5.15. The van der Waals surface area contributed by atoms with Crippen LogP contribution in [0.25, 0.3) is 22.4 Å². The van der Waals surface area contributed by atoms with Gasteiger partial charge in [-0.2, -0.15) is 0 Å². The maximum atomic E-state index is 13.1. The number of furan rings is 1. The largest absolute Gasteiger partial charge is 0.480 e. The summed E-state index contributed by atoms with van der Waals surface area (Å²) in [6.45, 7) is 1.42. The molecule has 0 aliphatic heterocycles. The van der Waals surface area contributed by atoms with Crippen LogP contribution in [-0.2, 0) is 16.0 Å². The summed E-state index contributed by atoms with van der Waals surface area (Å²) in [5, 5.41) is 15.1. The molecule has 1 aliphatic rings. The van der Waals surface area contributed by atoms with Gasteiger partial charge in [0, 0.05) is 30.6 Å². The molecule has 38 heavy (non-hydrogen) atoms. The molecule has 2 heterocycles. The minimum Gasteiger partial charge on any atom is -0.480 e. The smallest absolute Gasteiger partial charge is 0.326 e. The molecular weight excluding hydrogens is 484 g/mol. The van der Waals surface area contributed by atoms with Crippen LogP contribution in [0.1, 0.15) is 61.0 Å². The van der Waals surface area contributed by atoms with Crippen LogP contribution in [0.5, 0.6) is 0 Å². The number of aromatic nitrogens is 2. The van der Waals surface area contributed by atoms with Gasteiger partial charge in [0.1, 0.15) is 18.1 Å². The van der Waals surface area contributed by atoms with Gasteiger partial charge in [-0.25, -0.2) is 9.78 Å². The van der Waals surface area contributed by atoms with Crippen LogP contribution in [-0.4, -0.2) is 38.5 Å². The van der Waals surface area contributed by atoms with E-state index in [-0.39, 0.29) is 12.3 Å². The van der Waals surface area contributed by atoms with Crippen LogP contribution < -0.4 is 10.6 Å². The summed E-state index contributed by atoms with van der Waals surface area (Å²) in [4.78, 5) is 41.2. The highest BCUT2D eigenvalue weighted by Gasteiger charge is 2.25. The predicted octanol–water partition coefficient (Wildman–Crippen LogP) is 5.19. The second-order valence-corrected chi connectivity index (χ2v) is 9.76. The van der Waals surface area contributed by atoms with E-state index in [0.717, 1.165) is 35.3 Å². The van der Waals surface area contributed by atoms with E-state index < -0.39 is 17.9 Å². The highest BCUT2D eigenvalue weighted by Crippen LogP contribution is 2.36. The lowest BCUT2D eigenvalue weighted by atomic mass is 9.95. The molecule has 1 atom stereocenters. The van der Waals surface area contributed by atoms with Crippen molar-refractivity contribution in [1.82, 2.24) is 14.9 Å². The molecule has 0 spiro atoms. The van der Waals surface area contributed by atoms with Crippen LogP contribution in [0.2, 0.25) is 0 Å². The van der Waals surface area contributed by atoms with Crippen molar-refractivity contribution in [2.24, 2.45) is 0 Å². The molecule has 5 rings (SSSR count). The first-order valence-corrected chi connectivity index (χ1v) is 12.8. The van der Waals surface area contributed by atoms with Gasteiger partial charge in [0.2, 0.25) is 5.91 Å². The minimum atomic E-state index is -1.13. The van der Waals surface area contributed by atoms with E-state index in [2.05, 4.69) is 15.2 Å². The van der Waals surface area contributed by atoms with Crippen LogP contribution in [0, 0.1) is 0 Å². The van der Waals surface area contributed by atoms with E-state index >= 15 is 0 Å². The zero-order valence-electron chi connectivity index (χ0n) is 21.1. The van der Waals surface area contributed by atoms with E-state index in [0.29, 0.717) is 22.8 Å². The normalized spacial score (nSPS) is 14.8. The summed E-state index contributed by atoms with van der Waals surface area (Å²) in [7, 11) is 0. The predicted molar refractivity (Wildman–Crippen MR) is 143 cm³/mol. The third-order valence-electron chi connectivity index (χ3n) is 6.99. The maximum absolute atomic E-state index is 13.1. The van der Waals surface area contributed by atoms with Gasteiger partial charge >= 0.3 is 5.97 Å². The molecule has 1 fully saturated rings. The molecule has 2 aromatic heterocycles. The Kier molecular flexibility index (Phi) is 7.26. The molecule has 1 aliphatic carbocycles. The standard InChI is InChI=1S/C29H30N4O5/c1-18(34)30-22-10-7-19(8-11-22)15-25(29(36)37)32-28(35)20-9-12-26-24(16-20)31-27(21-13-14-38-17-21)33(26)23-5-3-2-4-6-23/h7-14,16-17,23,25H,2-6,15H2,1H3,(H,30,34)(H,32,35)(H,36,37)/t25-/m0/s1. The monoisotopic (exact) mass is 514 g/mol. The first kappa shape index (κ1) is 25.3. The third kappa shape index (κ3) is 5.46. The first-order valence-electron chi connectivity index (χ1n) is 12.8. The number of aliphatic carboxylic acids is 1. The summed E-state index contributed by atoms with van der Waals surface area (Å²) in [6.07, 6.45) is 9.12. The van der Waals surface area contributed by atoms with Crippen molar-refractivity contribution in [3.8, 4) is 11.4 Å². The van der Waals surface area contributed by atoms with Gasteiger partial charge < -0.3 is 24.7 Å². The van der Waals surface area contributed by atoms with Crippen LogP contribution in [0.4, 0.5) is 5.69 Å². The van der Waals surface area contributed by atoms with Crippen molar-refractivity contribution in [1.29, 1.82) is 0 Å². The quantitative estimate of drug-likeness (QED) is 0.297. The number of nitrogens with zero attached hydrogens (tertiary/aromatic N) is 2. The maximum Gasteiger partial charge on any atom is 0.326 e. The topological polar surface area (TPSA) is 126 Å². The zero-order valence-corrected chi connectivity index (χ0v) is 21.1. The summed E-state index contributed by atoms with van der Waals surface area (Å²) in [5.41, 5.74) is 4.19. The van der Waals surface area contributed by atoms with Gasteiger partial charge in [-0.3, -0.25) is 9.59 Å². The lowest BCUT2D eigenvalue weighted by molar-refractivity contribution is -0.139. The number of carbonyl (C=O) groups excluding carboxylic acids is 2. The van der Waals surface area contributed by atoms with Gasteiger partial charge in [-0.1, -0.05) is 31.4 Å². The summed E-state index contributed by atoms with van der Waals surface area (Å²) < 4.78 is 7.57. The number of carbonyl (C=O) groups is 3. The highest BCUT2D eigenvalue weighted by atomic mass is 16.4. The first-order chi connectivity index (χ1) is 18.4. The molecule has 0 bridgehead atoms. The third-order valence-corrected chi connectivity index (χ3v) is 6.99. The van der Waals surface area contributed by atoms with Crippen LogP contribution in [0.15, 0.2) is 65.5 Å². The number of rotatable bonds is 8.